The molecule has 0 aliphatic carbocycles. The lowest BCUT2D eigenvalue weighted by atomic mass is 10.0. The third kappa shape index (κ3) is 3.45. The topological polar surface area (TPSA) is 72.7 Å². The Morgan fingerprint density at radius 1 is 0.900 bits per heavy atom. The van der Waals surface area contributed by atoms with Gasteiger partial charge in [0.15, 0.2) is 0 Å². The SMILES string of the molecule is OCC(CO)(CO)NCc1ccc(-c2ccccc2)s1. The summed E-state index contributed by atoms with van der Waals surface area (Å²) in [7, 11) is 0. The molecule has 0 fully saturated rings. The van der Waals surface area contributed by atoms with Crippen molar-refractivity contribution in [2.75, 3.05) is 19.8 Å². The number of rotatable bonds is 7. The number of nitrogens with one attached hydrogen (secondary N) is 1. The van der Waals surface area contributed by atoms with Gasteiger partial charge in [-0.05, 0) is 17.7 Å². The summed E-state index contributed by atoms with van der Waals surface area (Å²) in [6.45, 7) is -0.427. The van der Waals surface area contributed by atoms with Crippen molar-refractivity contribution in [3.05, 3.63) is 47.3 Å². The molecule has 108 valence electrons. The van der Waals surface area contributed by atoms with E-state index in [1.165, 1.54) is 10.4 Å². The van der Waals surface area contributed by atoms with E-state index in [1.807, 2.05) is 24.3 Å². The summed E-state index contributed by atoms with van der Waals surface area (Å²) in [4.78, 5) is 2.26. The molecule has 4 N–H and O–H groups in total. The molecule has 2 rings (SSSR count). The number of aliphatic hydroxyl groups is 3. The smallest absolute Gasteiger partial charge is 0.0884 e. The van der Waals surface area contributed by atoms with Gasteiger partial charge in [0.2, 0.25) is 0 Å². The van der Waals surface area contributed by atoms with Crippen molar-refractivity contribution < 1.29 is 15.3 Å². The molecule has 0 amide bonds. The summed E-state index contributed by atoms with van der Waals surface area (Å²) < 4.78 is 0. The molecule has 0 saturated carbocycles. The van der Waals surface area contributed by atoms with Gasteiger partial charge in [0, 0.05) is 16.3 Å². The Morgan fingerprint density at radius 3 is 2.15 bits per heavy atom. The minimum Gasteiger partial charge on any atom is -0.394 e. The third-order valence-corrected chi connectivity index (χ3v) is 4.40. The second-order valence-corrected chi connectivity index (χ2v) is 5.91. The molecule has 0 radical (unpaired) electrons. The highest BCUT2D eigenvalue weighted by atomic mass is 32.1. The predicted octanol–water partition coefficient (Wildman–Crippen LogP) is 1.22. The Bertz CT molecular complexity index is 515. The number of benzene rings is 1. The summed E-state index contributed by atoms with van der Waals surface area (Å²) in [6, 6.07) is 14.2. The van der Waals surface area contributed by atoms with Crippen LogP contribution in [0.5, 0.6) is 0 Å². The Balaban J connectivity index is 2.03. The van der Waals surface area contributed by atoms with E-state index in [1.54, 1.807) is 11.3 Å². The summed E-state index contributed by atoms with van der Waals surface area (Å²) in [5, 5.41) is 30.8. The minimum absolute atomic E-state index is 0.309. The van der Waals surface area contributed by atoms with Crippen molar-refractivity contribution in [3.63, 3.8) is 0 Å². The Labute approximate surface area is 122 Å². The number of thiophene rings is 1. The fourth-order valence-corrected chi connectivity index (χ4v) is 2.78. The van der Waals surface area contributed by atoms with E-state index in [0.29, 0.717) is 6.54 Å². The molecule has 0 bridgehead atoms. The predicted molar refractivity (Wildman–Crippen MR) is 80.6 cm³/mol. The van der Waals surface area contributed by atoms with Crippen LogP contribution in [-0.2, 0) is 6.54 Å². The van der Waals surface area contributed by atoms with Crippen LogP contribution < -0.4 is 5.32 Å². The van der Waals surface area contributed by atoms with E-state index >= 15 is 0 Å². The molecule has 0 atom stereocenters. The lowest BCUT2D eigenvalue weighted by molar-refractivity contribution is 0.0415. The van der Waals surface area contributed by atoms with E-state index in [4.69, 9.17) is 0 Å². The molecule has 4 nitrogen and oxygen atoms in total. The zero-order valence-electron chi connectivity index (χ0n) is 11.1. The van der Waals surface area contributed by atoms with Crippen LogP contribution in [0.2, 0.25) is 0 Å². The Hall–Kier alpha value is -1.24. The zero-order chi connectivity index (χ0) is 14.4. The van der Waals surface area contributed by atoms with Crippen LogP contribution in [0, 0.1) is 0 Å². The van der Waals surface area contributed by atoms with E-state index in [9.17, 15) is 15.3 Å². The zero-order valence-corrected chi connectivity index (χ0v) is 11.9. The Morgan fingerprint density at radius 2 is 1.55 bits per heavy atom. The molecule has 5 heteroatoms. The molecule has 20 heavy (non-hydrogen) atoms. The first-order valence-corrected chi connectivity index (χ1v) is 7.26. The first-order valence-electron chi connectivity index (χ1n) is 6.45. The van der Waals surface area contributed by atoms with Crippen molar-refractivity contribution in [1.82, 2.24) is 5.32 Å². The van der Waals surface area contributed by atoms with Crippen LogP contribution in [0.3, 0.4) is 0 Å². The summed E-state index contributed by atoms with van der Waals surface area (Å²) in [6.07, 6.45) is 0. The van der Waals surface area contributed by atoms with Crippen LogP contribution in [0.1, 0.15) is 4.88 Å². The van der Waals surface area contributed by atoms with Gasteiger partial charge in [0.25, 0.3) is 0 Å². The van der Waals surface area contributed by atoms with Gasteiger partial charge < -0.3 is 20.6 Å². The monoisotopic (exact) mass is 293 g/mol. The second kappa shape index (κ2) is 6.97. The van der Waals surface area contributed by atoms with Crippen LogP contribution in [-0.4, -0.2) is 40.7 Å². The van der Waals surface area contributed by atoms with Gasteiger partial charge in [0.1, 0.15) is 0 Å². The van der Waals surface area contributed by atoms with Gasteiger partial charge in [-0.3, -0.25) is 0 Å². The molecule has 0 aliphatic heterocycles. The normalized spacial score (nSPS) is 11.8. The van der Waals surface area contributed by atoms with Crippen LogP contribution in [0.4, 0.5) is 0 Å². The maximum Gasteiger partial charge on any atom is 0.0884 e. The molecule has 0 saturated heterocycles. The molecule has 1 aromatic carbocycles. The first kappa shape index (κ1) is 15.2. The first-order chi connectivity index (χ1) is 9.73. The highest BCUT2D eigenvalue weighted by Gasteiger charge is 2.27. The lowest BCUT2D eigenvalue weighted by Gasteiger charge is -2.28. The molecule has 0 aliphatic rings. The fourth-order valence-electron chi connectivity index (χ4n) is 1.82. The number of hydrogen-bond donors (Lipinski definition) is 4. The van der Waals surface area contributed by atoms with Crippen molar-refractivity contribution in [2.24, 2.45) is 0 Å². The molecule has 1 heterocycles. The standard InChI is InChI=1S/C15H19NO3S/c17-9-15(10-18,11-19)16-8-13-6-7-14(20-13)12-4-2-1-3-5-12/h1-7,16-19H,8-11H2. The summed E-state index contributed by atoms with van der Waals surface area (Å²) >= 11 is 1.65. The van der Waals surface area contributed by atoms with E-state index in [0.717, 1.165) is 4.88 Å². The van der Waals surface area contributed by atoms with Crippen LogP contribution in [0.25, 0.3) is 10.4 Å². The van der Waals surface area contributed by atoms with Gasteiger partial charge in [-0.15, -0.1) is 11.3 Å². The van der Waals surface area contributed by atoms with Crippen LogP contribution in [0.15, 0.2) is 42.5 Å². The third-order valence-electron chi connectivity index (χ3n) is 3.27. The molecule has 0 spiro atoms. The van der Waals surface area contributed by atoms with Gasteiger partial charge >= 0.3 is 0 Å². The molecule has 1 aromatic heterocycles. The van der Waals surface area contributed by atoms with Crippen molar-refractivity contribution in [2.45, 2.75) is 12.1 Å². The van der Waals surface area contributed by atoms with E-state index < -0.39 is 5.54 Å². The van der Waals surface area contributed by atoms with Gasteiger partial charge in [-0.2, -0.15) is 0 Å². The molecular formula is C15H19NO3S. The maximum atomic E-state index is 9.26. The largest absolute Gasteiger partial charge is 0.394 e. The summed E-state index contributed by atoms with van der Waals surface area (Å²) in [5.41, 5.74) is 0.137. The highest BCUT2D eigenvalue weighted by molar-refractivity contribution is 7.15. The Kier molecular flexibility index (Phi) is 5.28. The van der Waals surface area contributed by atoms with E-state index in [2.05, 4.69) is 23.5 Å². The molecular weight excluding hydrogens is 274 g/mol. The molecule has 0 unspecified atom stereocenters. The average molecular weight is 293 g/mol. The van der Waals surface area contributed by atoms with Crippen molar-refractivity contribution in [3.8, 4) is 10.4 Å². The van der Waals surface area contributed by atoms with Crippen LogP contribution >= 0.6 is 11.3 Å². The minimum atomic E-state index is -1.03. The quantitative estimate of drug-likeness (QED) is 0.619. The van der Waals surface area contributed by atoms with Gasteiger partial charge in [0.05, 0.1) is 25.4 Å². The van der Waals surface area contributed by atoms with Gasteiger partial charge in [-0.25, -0.2) is 0 Å². The number of aliphatic hydroxyl groups excluding tert-OH is 3. The van der Waals surface area contributed by atoms with Crippen molar-refractivity contribution in [1.29, 1.82) is 0 Å². The maximum absolute atomic E-state index is 9.26. The fraction of sp³-hybridized carbons (Fsp3) is 0.333. The average Bonchev–Trinajstić information content (AvgIpc) is 2.99. The second-order valence-electron chi connectivity index (χ2n) is 4.74. The van der Waals surface area contributed by atoms with E-state index in [-0.39, 0.29) is 19.8 Å². The lowest BCUT2D eigenvalue weighted by Crippen LogP contribution is -2.54. The van der Waals surface area contributed by atoms with Gasteiger partial charge in [-0.1, -0.05) is 30.3 Å². The highest BCUT2D eigenvalue weighted by Crippen LogP contribution is 2.27. The van der Waals surface area contributed by atoms with Crippen molar-refractivity contribution >= 4 is 11.3 Å². The number of hydrogen-bond acceptors (Lipinski definition) is 5. The molecule has 2 aromatic rings. The summed E-state index contributed by atoms with van der Waals surface area (Å²) in [5.74, 6) is 0.